The first-order chi connectivity index (χ1) is 8.47. The summed E-state index contributed by atoms with van der Waals surface area (Å²) in [5.74, 6) is -0.106. The number of primary amides is 1. The monoisotopic (exact) mass is 247 g/mol. The molecular formula is C13H13NO4. The molecule has 0 aliphatic heterocycles. The summed E-state index contributed by atoms with van der Waals surface area (Å²) in [7, 11) is 0. The lowest BCUT2D eigenvalue weighted by Crippen LogP contribution is -2.20. The van der Waals surface area contributed by atoms with E-state index in [-0.39, 0.29) is 6.61 Å². The molecule has 94 valence electrons. The van der Waals surface area contributed by atoms with Crippen molar-refractivity contribution >= 4 is 16.9 Å². The maximum atomic E-state index is 11.3. The Hall–Kier alpha value is -2.30. The number of fused-ring (bicyclic) bond motifs is 1. The maximum Gasteiger partial charge on any atom is 0.336 e. The van der Waals surface area contributed by atoms with E-state index in [2.05, 4.69) is 0 Å². The van der Waals surface area contributed by atoms with Gasteiger partial charge in [-0.2, -0.15) is 0 Å². The molecule has 1 aromatic carbocycles. The van der Waals surface area contributed by atoms with Crippen LogP contribution in [0.25, 0.3) is 11.0 Å². The van der Waals surface area contributed by atoms with Crippen LogP contribution in [0, 0.1) is 13.8 Å². The van der Waals surface area contributed by atoms with E-state index in [0.717, 1.165) is 16.5 Å². The lowest BCUT2D eigenvalue weighted by molar-refractivity contribution is -0.119. The van der Waals surface area contributed by atoms with E-state index in [4.69, 9.17) is 14.9 Å². The molecule has 0 radical (unpaired) electrons. The summed E-state index contributed by atoms with van der Waals surface area (Å²) in [6.45, 7) is 3.52. The van der Waals surface area contributed by atoms with Gasteiger partial charge < -0.3 is 14.9 Å². The quantitative estimate of drug-likeness (QED) is 0.828. The molecule has 2 rings (SSSR count). The number of nitrogens with two attached hydrogens (primary N) is 1. The highest BCUT2D eigenvalue weighted by atomic mass is 16.5. The van der Waals surface area contributed by atoms with Crippen LogP contribution >= 0.6 is 0 Å². The van der Waals surface area contributed by atoms with Gasteiger partial charge in [-0.15, -0.1) is 0 Å². The van der Waals surface area contributed by atoms with E-state index in [1.807, 2.05) is 13.8 Å². The summed E-state index contributed by atoms with van der Waals surface area (Å²) in [6.07, 6.45) is 0. The summed E-state index contributed by atoms with van der Waals surface area (Å²) in [5.41, 5.74) is 6.79. The van der Waals surface area contributed by atoms with E-state index in [0.29, 0.717) is 11.3 Å². The Morgan fingerprint density at radius 2 is 1.94 bits per heavy atom. The number of carbonyl (C=O) groups excluding carboxylic acids is 1. The van der Waals surface area contributed by atoms with Crippen LogP contribution in [0.3, 0.4) is 0 Å². The molecule has 1 heterocycles. The zero-order valence-electron chi connectivity index (χ0n) is 10.1. The SMILES string of the molecule is Cc1cc(OCC(N)=O)cc2oc(=O)cc(C)c12. The Morgan fingerprint density at radius 3 is 2.61 bits per heavy atom. The molecule has 0 spiro atoms. The van der Waals surface area contributed by atoms with Crippen molar-refractivity contribution in [1.29, 1.82) is 0 Å². The van der Waals surface area contributed by atoms with Gasteiger partial charge in [0, 0.05) is 17.5 Å². The minimum absolute atomic E-state index is 0.207. The smallest absolute Gasteiger partial charge is 0.336 e. The number of hydrogen-bond acceptors (Lipinski definition) is 4. The molecule has 0 bridgehead atoms. The first kappa shape index (κ1) is 12.2. The number of hydrogen-bond donors (Lipinski definition) is 1. The molecule has 2 N–H and O–H groups in total. The van der Waals surface area contributed by atoms with Gasteiger partial charge in [0.25, 0.3) is 5.91 Å². The highest BCUT2D eigenvalue weighted by Gasteiger charge is 2.08. The van der Waals surface area contributed by atoms with Crippen LogP contribution in [0.1, 0.15) is 11.1 Å². The van der Waals surface area contributed by atoms with Crippen molar-refractivity contribution < 1.29 is 13.9 Å². The van der Waals surface area contributed by atoms with Gasteiger partial charge in [-0.05, 0) is 31.0 Å². The number of benzene rings is 1. The van der Waals surface area contributed by atoms with Crippen LogP contribution in [-0.2, 0) is 4.79 Å². The molecule has 0 aliphatic rings. The van der Waals surface area contributed by atoms with Crippen molar-refractivity contribution in [3.63, 3.8) is 0 Å². The standard InChI is InChI=1S/C13H13NO4/c1-7-3-9(17-6-11(14)15)5-10-13(7)8(2)4-12(16)18-10/h3-5H,6H2,1-2H3,(H2,14,15). The molecule has 0 saturated heterocycles. The molecule has 1 aromatic heterocycles. The van der Waals surface area contributed by atoms with Crippen molar-refractivity contribution in [3.05, 3.63) is 39.7 Å². The molecule has 5 nitrogen and oxygen atoms in total. The Labute approximate surface area is 103 Å². The molecule has 2 aromatic rings. The topological polar surface area (TPSA) is 82.5 Å². The molecule has 18 heavy (non-hydrogen) atoms. The lowest BCUT2D eigenvalue weighted by Gasteiger charge is -2.08. The summed E-state index contributed by atoms with van der Waals surface area (Å²) < 4.78 is 10.3. The van der Waals surface area contributed by atoms with Gasteiger partial charge in [-0.1, -0.05) is 0 Å². The van der Waals surface area contributed by atoms with Crippen molar-refractivity contribution in [1.82, 2.24) is 0 Å². The molecule has 0 atom stereocenters. The lowest BCUT2D eigenvalue weighted by atomic mass is 10.1. The average molecular weight is 247 g/mol. The fourth-order valence-corrected chi connectivity index (χ4v) is 1.93. The van der Waals surface area contributed by atoms with Gasteiger partial charge in [0.1, 0.15) is 11.3 Å². The zero-order chi connectivity index (χ0) is 13.3. The number of ether oxygens (including phenoxy) is 1. The number of amides is 1. The predicted molar refractivity (Wildman–Crippen MR) is 66.6 cm³/mol. The van der Waals surface area contributed by atoms with Crippen molar-refractivity contribution in [2.75, 3.05) is 6.61 Å². The summed E-state index contributed by atoms with van der Waals surface area (Å²) in [4.78, 5) is 22.0. The second kappa shape index (κ2) is 4.52. The van der Waals surface area contributed by atoms with Crippen LogP contribution in [-0.4, -0.2) is 12.5 Å². The summed E-state index contributed by atoms with van der Waals surface area (Å²) in [5, 5.41) is 0.876. The molecule has 0 unspecified atom stereocenters. The van der Waals surface area contributed by atoms with Gasteiger partial charge in [-0.25, -0.2) is 4.79 Å². The van der Waals surface area contributed by atoms with Crippen LogP contribution in [0.15, 0.2) is 27.4 Å². The Kier molecular flexibility index (Phi) is 3.06. The average Bonchev–Trinajstić information content (AvgIpc) is 2.24. The van der Waals surface area contributed by atoms with E-state index in [1.54, 1.807) is 12.1 Å². The minimum atomic E-state index is -0.557. The predicted octanol–water partition coefficient (Wildman–Crippen LogP) is 1.27. The van der Waals surface area contributed by atoms with Crippen molar-refractivity contribution in [2.24, 2.45) is 5.73 Å². The van der Waals surface area contributed by atoms with E-state index in [1.165, 1.54) is 6.07 Å². The van der Waals surface area contributed by atoms with E-state index < -0.39 is 11.5 Å². The Balaban J connectivity index is 2.54. The van der Waals surface area contributed by atoms with Gasteiger partial charge in [0.2, 0.25) is 0 Å². The maximum absolute atomic E-state index is 11.3. The Morgan fingerprint density at radius 1 is 1.28 bits per heavy atom. The molecule has 0 aliphatic carbocycles. The van der Waals surface area contributed by atoms with Crippen LogP contribution in [0.4, 0.5) is 0 Å². The summed E-state index contributed by atoms with van der Waals surface area (Å²) in [6, 6.07) is 4.80. The van der Waals surface area contributed by atoms with E-state index >= 15 is 0 Å². The fraction of sp³-hybridized carbons (Fsp3) is 0.231. The third-order valence-electron chi connectivity index (χ3n) is 2.59. The molecule has 0 saturated carbocycles. The molecule has 1 amide bonds. The summed E-state index contributed by atoms with van der Waals surface area (Å²) >= 11 is 0. The third kappa shape index (κ3) is 2.34. The van der Waals surface area contributed by atoms with Crippen LogP contribution in [0.5, 0.6) is 5.75 Å². The van der Waals surface area contributed by atoms with Crippen molar-refractivity contribution in [3.8, 4) is 5.75 Å². The van der Waals surface area contributed by atoms with Crippen molar-refractivity contribution in [2.45, 2.75) is 13.8 Å². The van der Waals surface area contributed by atoms with E-state index in [9.17, 15) is 9.59 Å². The third-order valence-corrected chi connectivity index (χ3v) is 2.59. The number of carbonyl (C=O) groups is 1. The number of aryl methyl sites for hydroxylation is 2. The van der Waals surface area contributed by atoms with Crippen LogP contribution < -0.4 is 16.1 Å². The normalized spacial score (nSPS) is 10.6. The minimum Gasteiger partial charge on any atom is -0.484 e. The van der Waals surface area contributed by atoms with Gasteiger partial charge in [0.15, 0.2) is 6.61 Å². The largest absolute Gasteiger partial charge is 0.484 e. The Bertz CT molecular complexity index is 672. The number of rotatable bonds is 3. The van der Waals surface area contributed by atoms with Gasteiger partial charge in [-0.3, -0.25) is 4.79 Å². The fourth-order valence-electron chi connectivity index (χ4n) is 1.93. The second-order valence-electron chi connectivity index (χ2n) is 4.12. The zero-order valence-corrected chi connectivity index (χ0v) is 10.1. The first-order valence-corrected chi connectivity index (χ1v) is 5.43. The van der Waals surface area contributed by atoms with Crippen LogP contribution in [0.2, 0.25) is 0 Å². The molecule has 5 heteroatoms. The molecular weight excluding hydrogens is 234 g/mol. The first-order valence-electron chi connectivity index (χ1n) is 5.43. The molecule has 0 fully saturated rings. The van der Waals surface area contributed by atoms with Gasteiger partial charge >= 0.3 is 5.63 Å². The second-order valence-corrected chi connectivity index (χ2v) is 4.12. The highest BCUT2D eigenvalue weighted by molar-refractivity contribution is 5.85. The van der Waals surface area contributed by atoms with Gasteiger partial charge in [0.05, 0.1) is 0 Å². The highest BCUT2D eigenvalue weighted by Crippen LogP contribution is 2.26.